The number of hydrogen-bond donors (Lipinski definition) is 4. The van der Waals surface area contributed by atoms with Crippen LogP contribution < -0.4 is 10.6 Å². The van der Waals surface area contributed by atoms with Crippen LogP contribution in [0.1, 0.15) is 96.8 Å². The van der Waals surface area contributed by atoms with E-state index >= 15 is 0 Å². The molecule has 0 radical (unpaired) electrons. The largest absolute Gasteiger partial charge is 0.480 e. The monoisotopic (exact) mass is 414 g/mol. The molecule has 0 spiro atoms. The minimum absolute atomic E-state index is 0.0259. The molecule has 0 saturated carbocycles. The third-order valence-electron chi connectivity index (χ3n) is 4.43. The molecule has 1 amide bonds. The van der Waals surface area contributed by atoms with Gasteiger partial charge in [0, 0.05) is 13.0 Å². The fraction of sp³-hybridized carbons (Fsp3) is 0.826. The quantitative estimate of drug-likeness (QED) is 0.185. The summed E-state index contributed by atoms with van der Waals surface area (Å²) in [6.07, 6.45) is 21.8. The Kier molecular flexibility index (Phi) is 27.3. The molecule has 6 heteroatoms. The molecule has 0 saturated heterocycles. The zero-order valence-corrected chi connectivity index (χ0v) is 18.9. The Labute approximate surface area is 178 Å². The number of likely N-dealkylation sites (N-methyl/N-ethyl adjacent to an activating group) is 1. The van der Waals surface area contributed by atoms with E-state index in [1.165, 1.54) is 70.6 Å². The summed E-state index contributed by atoms with van der Waals surface area (Å²) in [6.45, 7) is 2.71. The number of nitrogens with one attached hydrogen (secondary N) is 2. The highest BCUT2D eigenvalue weighted by Crippen LogP contribution is 2.09. The molecule has 0 atom stereocenters. The summed E-state index contributed by atoms with van der Waals surface area (Å²) in [7, 11) is 1.59. The van der Waals surface area contributed by atoms with Gasteiger partial charge in [-0.05, 0) is 39.2 Å². The van der Waals surface area contributed by atoms with E-state index in [0.717, 1.165) is 12.8 Å². The first-order valence-electron chi connectivity index (χ1n) is 11.5. The van der Waals surface area contributed by atoms with Crippen molar-refractivity contribution >= 4 is 11.9 Å². The zero-order chi connectivity index (χ0) is 22.0. The topological polar surface area (TPSA) is 98.7 Å². The number of hydrogen-bond acceptors (Lipinski definition) is 4. The van der Waals surface area contributed by atoms with E-state index in [1.807, 2.05) is 0 Å². The predicted octanol–water partition coefficient (Wildman–Crippen LogP) is 4.42. The van der Waals surface area contributed by atoms with Gasteiger partial charge < -0.3 is 20.8 Å². The second-order valence-electron chi connectivity index (χ2n) is 7.33. The van der Waals surface area contributed by atoms with Crippen molar-refractivity contribution in [2.75, 3.05) is 26.7 Å². The van der Waals surface area contributed by atoms with E-state index in [9.17, 15) is 9.59 Å². The number of aliphatic carboxylic acids is 1. The number of carbonyl (C=O) groups is 2. The number of carbonyl (C=O) groups excluding carboxylic acids is 1. The summed E-state index contributed by atoms with van der Waals surface area (Å²) >= 11 is 0. The van der Waals surface area contributed by atoms with Gasteiger partial charge in [0.1, 0.15) is 0 Å². The van der Waals surface area contributed by atoms with Gasteiger partial charge in [0.25, 0.3) is 0 Å². The second-order valence-corrected chi connectivity index (χ2v) is 7.33. The maximum Gasteiger partial charge on any atom is 0.317 e. The first-order chi connectivity index (χ1) is 14.1. The van der Waals surface area contributed by atoms with Crippen molar-refractivity contribution in [3.05, 3.63) is 12.2 Å². The molecule has 0 aromatic carbocycles. The van der Waals surface area contributed by atoms with Crippen molar-refractivity contribution in [2.24, 2.45) is 0 Å². The van der Waals surface area contributed by atoms with Crippen LogP contribution in [0.2, 0.25) is 0 Å². The Bertz CT molecular complexity index is 387. The van der Waals surface area contributed by atoms with Crippen LogP contribution in [0.25, 0.3) is 0 Å². The molecule has 0 fully saturated rings. The molecule has 0 rings (SSSR count). The summed E-state index contributed by atoms with van der Waals surface area (Å²) in [5, 5.41) is 21.6. The Hall–Kier alpha value is -1.40. The first-order valence-corrected chi connectivity index (χ1v) is 11.5. The lowest BCUT2D eigenvalue weighted by molar-refractivity contribution is -0.135. The van der Waals surface area contributed by atoms with E-state index in [1.54, 1.807) is 7.05 Å². The average Bonchev–Trinajstić information content (AvgIpc) is 2.69. The van der Waals surface area contributed by atoms with Crippen molar-refractivity contribution in [1.29, 1.82) is 0 Å². The maximum atomic E-state index is 11.3. The van der Waals surface area contributed by atoms with Crippen LogP contribution in [-0.2, 0) is 9.59 Å². The summed E-state index contributed by atoms with van der Waals surface area (Å²) in [4.78, 5) is 20.8. The molecule has 0 aliphatic carbocycles. The minimum Gasteiger partial charge on any atom is -0.480 e. The van der Waals surface area contributed by atoms with Crippen LogP contribution in [0.15, 0.2) is 12.2 Å². The van der Waals surface area contributed by atoms with Gasteiger partial charge >= 0.3 is 5.97 Å². The van der Waals surface area contributed by atoms with Gasteiger partial charge in [0.05, 0.1) is 13.2 Å². The number of aliphatic hydroxyl groups is 1. The normalized spacial score (nSPS) is 10.6. The summed E-state index contributed by atoms with van der Waals surface area (Å²) < 4.78 is 0. The second kappa shape index (κ2) is 26.6. The number of carboxylic acids is 1. The van der Waals surface area contributed by atoms with Crippen molar-refractivity contribution in [3.8, 4) is 0 Å². The third-order valence-corrected chi connectivity index (χ3v) is 4.43. The van der Waals surface area contributed by atoms with Crippen LogP contribution in [0.4, 0.5) is 0 Å². The molecular weight excluding hydrogens is 368 g/mol. The lowest BCUT2D eigenvalue weighted by atomic mass is 10.1. The van der Waals surface area contributed by atoms with Gasteiger partial charge in [-0.25, -0.2) is 0 Å². The SMILES string of the molecule is CCCCCCCC/C=C\CCCCCCCC(=O)NCCO.CNCC(=O)O. The molecule has 172 valence electrons. The standard InChI is InChI=1S/C20H39NO2.C3H7NO2/c1-2-3-4-5-6-7-8-9-10-11-12-13-14-15-16-17-20(23)21-18-19-22;1-4-2-3(5)6/h9-10,22H,2-8,11-19H2,1H3,(H,21,23);4H,2H2,1H3,(H,5,6)/b10-9-;. The highest BCUT2D eigenvalue weighted by molar-refractivity contribution is 5.75. The van der Waals surface area contributed by atoms with E-state index in [0.29, 0.717) is 13.0 Å². The average molecular weight is 415 g/mol. The van der Waals surface area contributed by atoms with Gasteiger partial charge in [0.15, 0.2) is 0 Å². The van der Waals surface area contributed by atoms with E-state index in [-0.39, 0.29) is 19.1 Å². The van der Waals surface area contributed by atoms with E-state index in [4.69, 9.17) is 10.2 Å². The van der Waals surface area contributed by atoms with Crippen LogP contribution in [0.5, 0.6) is 0 Å². The Morgan fingerprint density at radius 2 is 1.34 bits per heavy atom. The number of unbranched alkanes of at least 4 members (excludes halogenated alkanes) is 11. The van der Waals surface area contributed by atoms with Gasteiger partial charge in [-0.1, -0.05) is 70.4 Å². The molecule has 29 heavy (non-hydrogen) atoms. The van der Waals surface area contributed by atoms with Crippen molar-refractivity contribution in [3.63, 3.8) is 0 Å². The summed E-state index contributed by atoms with van der Waals surface area (Å²) in [5.74, 6) is -0.755. The number of allylic oxidation sites excluding steroid dienone is 2. The van der Waals surface area contributed by atoms with Gasteiger partial charge in [-0.3, -0.25) is 9.59 Å². The lowest BCUT2D eigenvalue weighted by Crippen LogP contribution is -2.25. The number of carboxylic acid groups (broad SMARTS) is 1. The van der Waals surface area contributed by atoms with Gasteiger partial charge in [-0.15, -0.1) is 0 Å². The van der Waals surface area contributed by atoms with Crippen LogP contribution in [0.3, 0.4) is 0 Å². The fourth-order valence-electron chi connectivity index (χ4n) is 2.79. The van der Waals surface area contributed by atoms with Crippen LogP contribution >= 0.6 is 0 Å². The highest BCUT2D eigenvalue weighted by atomic mass is 16.4. The summed E-state index contributed by atoms with van der Waals surface area (Å²) in [6, 6.07) is 0. The zero-order valence-electron chi connectivity index (χ0n) is 18.9. The minimum atomic E-state index is -0.822. The molecular formula is C23H46N2O4. The summed E-state index contributed by atoms with van der Waals surface area (Å²) in [5.41, 5.74) is 0. The van der Waals surface area contributed by atoms with Crippen molar-refractivity contribution in [1.82, 2.24) is 10.6 Å². The highest BCUT2D eigenvalue weighted by Gasteiger charge is 1.99. The molecule has 0 unspecified atom stereocenters. The molecule has 0 aromatic rings. The smallest absolute Gasteiger partial charge is 0.317 e. The Morgan fingerprint density at radius 1 is 0.828 bits per heavy atom. The van der Waals surface area contributed by atoms with Crippen LogP contribution in [0, 0.1) is 0 Å². The maximum absolute atomic E-state index is 11.3. The molecule has 0 aromatic heterocycles. The van der Waals surface area contributed by atoms with Crippen molar-refractivity contribution in [2.45, 2.75) is 96.8 Å². The molecule has 6 nitrogen and oxygen atoms in total. The predicted molar refractivity (Wildman–Crippen MR) is 121 cm³/mol. The lowest BCUT2D eigenvalue weighted by Gasteiger charge is -2.03. The van der Waals surface area contributed by atoms with Gasteiger partial charge in [0.2, 0.25) is 5.91 Å². The molecule has 4 N–H and O–H groups in total. The Balaban J connectivity index is 0. The Morgan fingerprint density at radius 3 is 1.79 bits per heavy atom. The fourth-order valence-corrected chi connectivity index (χ4v) is 2.79. The third kappa shape index (κ3) is 31.5. The number of amides is 1. The molecule has 0 heterocycles. The van der Waals surface area contributed by atoms with Crippen LogP contribution in [-0.4, -0.2) is 48.8 Å². The number of rotatable bonds is 19. The van der Waals surface area contributed by atoms with E-state index < -0.39 is 5.97 Å². The molecule has 0 aliphatic rings. The van der Waals surface area contributed by atoms with E-state index in [2.05, 4.69) is 29.7 Å². The first kappa shape index (κ1) is 29.8. The number of aliphatic hydroxyl groups excluding tert-OH is 1. The molecule has 0 aliphatic heterocycles. The molecule has 0 bridgehead atoms. The van der Waals surface area contributed by atoms with Gasteiger partial charge in [-0.2, -0.15) is 0 Å². The van der Waals surface area contributed by atoms with Crippen molar-refractivity contribution < 1.29 is 19.8 Å².